The largest absolute Gasteiger partial charge is 0.379 e. The highest BCUT2D eigenvalue weighted by atomic mass is 16.5. The van der Waals surface area contributed by atoms with Crippen LogP contribution in [0.4, 0.5) is 0 Å². The molecule has 0 aromatic carbocycles. The van der Waals surface area contributed by atoms with Gasteiger partial charge in [0.1, 0.15) is 0 Å². The minimum atomic E-state index is 0.0882. The minimum absolute atomic E-state index is 0.0882. The third-order valence-corrected chi connectivity index (χ3v) is 5.11. The van der Waals surface area contributed by atoms with Crippen molar-refractivity contribution in [1.82, 2.24) is 14.8 Å². The van der Waals surface area contributed by atoms with Gasteiger partial charge < -0.3 is 14.6 Å². The summed E-state index contributed by atoms with van der Waals surface area (Å²) in [6.45, 7) is 6.34. The summed E-state index contributed by atoms with van der Waals surface area (Å²) in [6.07, 6.45) is 1.16. The number of fused-ring (bicyclic) bond motifs is 4. The van der Waals surface area contributed by atoms with Crippen LogP contribution < -0.4 is 10.9 Å². The molecule has 1 aromatic rings. The van der Waals surface area contributed by atoms with Crippen LogP contribution in [0.25, 0.3) is 0 Å². The summed E-state index contributed by atoms with van der Waals surface area (Å²) < 4.78 is 7.49. The molecule has 2 atom stereocenters. The van der Waals surface area contributed by atoms with Crippen LogP contribution in [0.2, 0.25) is 0 Å². The van der Waals surface area contributed by atoms with Crippen LogP contribution in [0, 0.1) is 0 Å². The zero-order valence-corrected chi connectivity index (χ0v) is 11.7. The smallest absolute Gasteiger partial charge is 0.250 e. The molecule has 0 saturated carbocycles. The van der Waals surface area contributed by atoms with Crippen molar-refractivity contribution >= 4 is 0 Å². The number of nitrogens with one attached hydrogen (secondary N) is 1. The van der Waals surface area contributed by atoms with E-state index in [1.54, 1.807) is 6.07 Å². The van der Waals surface area contributed by atoms with Gasteiger partial charge in [-0.1, -0.05) is 6.07 Å². The predicted molar refractivity (Wildman–Crippen MR) is 76.1 cm³/mol. The van der Waals surface area contributed by atoms with E-state index in [-0.39, 0.29) is 11.1 Å². The van der Waals surface area contributed by atoms with E-state index >= 15 is 0 Å². The van der Waals surface area contributed by atoms with Crippen molar-refractivity contribution in [3.63, 3.8) is 0 Å². The quantitative estimate of drug-likeness (QED) is 0.784. The summed E-state index contributed by atoms with van der Waals surface area (Å²) in [5.41, 5.74) is 1.44. The molecule has 1 N–H and O–H groups in total. The fraction of sp³-hybridized carbons (Fsp3) is 0.667. The number of piperidine rings is 1. The zero-order valence-electron chi connectivity index (χ0n) is 11.7. The van der Waals surface area contributed by atoms with Crippen molar-refractivity contribution in [2.24, 2.45) is 0 Å². The number of nitrogens with zero attached hydrogens (tertiary/aromatic N) is 2. The molecule has 20 heavy (non-hydrogen) atoms. The Bertz CT molecular complexity index is 564. The van der Waals surface area contributed by atoms with Gasteiger partial charge in [0.15, 0.2) is 0 Å². The summed E-state index contributed by atoms with van der Waals surface area (Å²) in [5, 5.41) is 3.59. The van der Waals surface area contributed by atoms with Crippen molar-refractivity contribution in [3.8, 4) is 0 Å². The molecule has 5 heteroatoms. The van der Waals surface area contributed by atoms with E-state index in [1.807, 2.05) is 10.6 Å². The summed E-state index contributed by atoms with van der Waals surface area (Å²) in [5.74, 6) is 0.453. The van der Waals surface area contributed by atoms with Crippen molar-refractivity contribution in [2.45, 2.75) is 24.4 Å². The van der Waals surface area contributed by atoms with Crippen LogP contribution >= 0.6 is 0 Å². The molecule has 2 fully saturated rings. The highest BCUT2D eigenvalue weighted by Gasteiger charge is 2.46. The van der Waals surface area contributed by atoms with Crippen LogP contribution in [0.3, 0.4) is 0 Å². The topological polar surface area (TPSA) is 46.5 Å². The molecule has 4 rings (SSSR count). The SMILES string of the molecule is O=c1cccc2n1C[C@]1(N3CCOCC3)CNC[C@H]2C1. The van der Waals surface area contributed by atoms with Gasteiger partial charge in [-0.3, -0.25) is 9.69 Å². The first kappa shape index (κ1) is 12.6. The van der Waals surface area contributed by atoms with E-state index in [9.17, 15) is 4.79 Å². The Kier molecular flexibility index (Phi) is 2.94. The molecule has 108 valence electrons. The highest BCUT2D eigenvalue weighted by molar-refractivity contribution is 5.21. The number of pyridine rings is 1. The molecule has 3 aliphatic heterocycles. The number of aromatic nitrogens is 1. The Morgan fingerprint density at radius 2 is 2.15 bits per heavy atom. The number of ether oxygens (including phenoxy) is 1. The van der Waals surface area contributed by atoms with Gasteiger partial charge in [0.25, 0.3) is 5.56 Å². The van der Waals surface area contributed by atoms with Crippen molar-refractivity contribution in [3.05, 3.63) is 34.2 Å². The van der Waals surface area contributed by atoms with Crippen LogP contribution in [0.5, 0.6) is 0 Å². The Hall–Kier alpha value is -1.17. The van der Waals surface area contributed by atoms with Crippen molar-refractivity contribution < 1.29 is 4.74 Å². The summed E-state index contributed by atoms with van der Waals surface area (Å²) in [4.78, 5) is 14.8. The van der Waals surface area contributed by atoms with E-state index in [0.29, 0.717) is 5.92 Å². The third kappa shape index (κ3) is 1.84. The first-order chi connectivity index (χ1) is 9.78. The lowest BCUT2D eigenvalue weighted by Gasteiger charge is -2.53. The molecule has 2 bridgehead atoms. The van der Waals surface area contributed by atoms with Gasteiger partial charge in [0.2, 0.25) is 0 Å². The van der Waals surface area contributed by atoms with Crippen LogP contribution in [-0.4, -0.2) is 54.4 Å². The minimum Gasteiger partial charge on any atom is -0.379 e. The number of rotatable bonds is 1. The maximum absolute atomic E-state index is 12.2. The summed E-state index contributed by atoms with van der Waals surface area (Å²) in [7, 11) is 0. The molecule has 5 nitrogen and oxygen atoms in total. The molecule has 3 aliphatic rings. The lowest BCUT2D eigenvalue weighted by Crippen LogP contribution is -2.66. The van der Waals surface area contributed by atoms with Crippen LogP contribution in [0.15, 0.2) is 23.0 Å². The van der Waals surface area contributed by atoms with Gasteiger partial charge in [0, 0.05) is 50.4 Å². The van der Waals surface area contributed by atoms with Gasteiger partial charge in [-0.05, 0) is 12.5 Å². The number of morpholine rings is 1. The van der Waals surface area contributed by atoms with Gasteiger partial charge >= 0.3 is 0 Å². The molecule has 0 amide bonds. The fourth-order valence-electron chi connectivity index (χ4n) is 4.15. The molecule has 4 heterocycles. The lowest BCUT2D eigenvalue weighted by atomic mass is 9.77. The van der Waals surface area contributed by atoms with Crippen molar-refractivity contribution in [2.75, 3.05) is 39.4 Å². The zero-order chi connectivity index (χ0) is 13.6. The number of hydrogen-bond acceptors (Lipinski definition) is 4. The van der Waals surface area contributed by atoms with E-state index < -0.39 is 0 Å². The van der Waals surface area contributed by atoms with Gasteiger partial charge in [0.05, 0.1) is 18.8 Å². The summed E-state index contributed by atoms with van der Waals surface area (Å²) >= 11 is 0. The first-order valence-electron chi connectivity index (χ1n) is 7.52. The van der Waals surface area contributed by atoms with E-state index in [4.69, 9.17) is 4.74 Å². The molecular weight excluding hydrogens is 254 g/mol. The molecule has 1 aromatic heterocycles. The standard InChI is InChI=1S/C15H21N3O2/c19-14-3-1-2-13-12-8-15(10-16-9-12,11-18(13)14)17-4-6-20-7-5-17/h1-3,12,16H,4-11H2/t12-,15-/m1/s1. The normalized spacial score (nSPS) is 33.7. The maximum atomic E-state index is 12.2. The van der Waals surface area contributed by atoms with Crippen LogP contribution in [0.1, 0.15) is 18.0 Å². The predicted octanol–water partition coefficient (Wildman–Crippen LogP) is 0.00980. The molecule has 2 saturated heterocycles. The number of hydrogen-bond donors (Lipinski definition) is 1. The first-order valence-corrected chi connectivity index (χ1v) is 7.52. The lowest BCUT2D eigenvalue weighted by molar-refractivity contribution is -0.0491. The highest BCUT2D eigenvalue weighted by Crippen LogP contribution is 2.38. The second kappa shape index (κ2) is 4.69. The van der Waals surface area contributed by atoms with E-state index in [0.717, 1.165) is 52.4 Å². The van der Waals surface area contributed by atoms with Crippen LogP contribution in [-0.2, 0) is 11.3 Å². The molecule has 0 aliphatic carbocycles. The average molecular weight is 275 g/mol. The van der Waals surface area contributed by atoms with E-state index in [2.05, 4.69) is 16.3 Å². The Morgan fingerprint density at radius 1 is 1.30 bits per heavy atom. The van der Waals surface area contributed by atoms with Crippen molar-refractivity contribution in [1.29, 1.82) is 0 Å². The second-order valence-electron chi connectivity index (χ2n) is 6.23. The van der Waals surface area contributed by atoms with Gasteiger partial charge in [-0.2, -0.15) is 0 Å². The van der Waals surface area contributed by atoms with Gasteiger partial charge in [-0.25, -0.2) is 0 Å². The van der Waals surface area contributed by atoms with E-state index in [1.165, 1.54) is 5.69 Å². The molecule has 0 radical (unpaired) electrons. The fourth-order valence-corrected chi connectivity index (χ4v) is 4.15. The molecule has 0 spiro atoms. The maximum Gasteiger partial charge on any atom is 0.250 e. The summed E-state index contributed by atoms with van der Waals surface area (Å²) in [6, 6.07) is 5.69. The van der Waals surface area contributed by atoms with Gasteiger partial charge in [-0.15, -0.1) is 0 Å². The Balaban J connectivity index is 1.75. The monoisotopic (exact) mass is 275 g/mol. The Labute approximate surface area is 118 Å². The molecular formula is C15H21N3O2. The average Bonchev–Trinajstić information content (AvgIpc) is 2.50. The third-order valence-electron chi connectivity index (χ3n) is 5.11. The second-order valence-corrected chi connectivity index (χ2v) is 6.23. The molecule has 0 unspecified atom stereocenters. The Morgan fingerprint density at radius 3 is 3.00 bits per heavy atom.